The molecule has 0 spiro atoms. The number of phosphoric ester groups is 1. The number of likely N-dealkylation sites (N-methyl/N-ethyl adjacent to an activating group) is 1. The van der Waals surface area contributed by atoms with Crippen molar-refractivity contribution in [2.75, 3.05) is 54.1 Å². The third-order valence-electron chi connectivity index (χ3n) is 9.60. The summed E-state index contributed by atoms with van der Waals surface area (Å²) in [5.74, 6) is -0.390. The van der Waals surface area contributed by atoms with E-state index in [0.717, 1.165) is 38.5 Å². The fourth-order valence-corrected chi connectivity index (χ4v) is 6.78. The first-order valence-electron chi connectivity index (χ1n) is 21.8. The number of phosphoric acid groups is 1. The van der Waals surface area contributed by atoms with E-state index in [1.54, 1.807) is 0 Å². The third-order valence-corrected chi connectivity index (χ3v) is 10.6. The van der Waals surface area contributed by atoms with E-state index >= 15 is 0 Å². The third kappa shape index (κ3) is 34.0. The Labute approximate surface area is 331 Å². The number of ether oxygens (including phenoxy) is 3. The highest BCUT2D eigenvalue weighted by molar-refractivity contribution is 7.45. The second kappa shape index (κ2) is 33.8. The Balaban J connectivity index is 2.27. The molecule has 10 heteroatoms. The quantitative estimate of drug-likeness (QED) is 0.0151. The highest BCUT2D eigenvalue weighted by Crippen LogP contribution is 2.38. The van der Waals surface area contributed by atoms with Gasteiger partial charge in [0.15, 0.2) is 0 Å². The van der Waals surface area contributed by atoms with Crippen LogP contribution in [-0.4, -0.2) is 82.9 Å². The summed E-state index contributed by atoms with van der Waals surface area (Å²) >= 11 is 0. The topological polar surface area (TPSA) is 107 Å². The molecule has 1 fully saturated rings. The summed E-state index contributed by atoms with van der Waals surface area (Å²) in [6.45, 7) is 5.30. The molecule has 4 unspecified atom stereocenters. The molecule has 0 amide bonds. The molecule has 0 saturated carbocycles. The zero-order valence-electron chi connectivity index (χ0n) is 35.4. The number of allylic oxidation sites excluding steroid dienone is 4. The molecule has 1 aliphatic heterocycles. The summed E-state index contributed by atoms with van der Waals surface area (Å²) in [6.07, 6.45) is 40.4. The molecule has 0 radical (unpaired) electrons. The first-order valence-corrected chi connectivity index (χ1v) is 23.3. The average molecular weight is 784 g/mol. The van der Waals surface area contributed by atoms with Gasteiger partial charge in [0.1, 0.15) is 19.3 Å². The van der Waals surface area contributed by atoms with Crippen LogP contribution in [0.1, 0.15) is 168 Å². The van der Waals surface area contributed by atoms with Crippen molar-refractivity contribution in [2.45, 2.75) is 186 Å². The average Bonchev–Trinajstić information content (AvgIpc) is 3.88. The number of carbonyl (C=O) groups excluding carboxylic acids is 1. The van der Waals surface area contributed by atoms with Crippen LogP contribution in [0.5, 0.6) is 0 Å². The first-order chi connectivity index (χ1) is 26.1. The number of esters is 1. The number of unbranched alkanes of at least 4 members (excludes halogenated alkanes) is 17. The Kier molecular flexibility index (Phi) is 31.7. The van der Waals surface area contributed by atoms with Crippen LogP contribution in [0.25, 0.3) is 0 Å². The summed E-state index contributed by atoms with van der Waals surface area (Å²) in [6, 6.07) is 0. The van der Waals surface area contributed by atoms with Gasteiger partial charge in [-0.05, 0) is 51.4 Å². The fourth-order valence-electron chi connectivity index (χ4n) is 6.05. The SMILES string of the molecule is CCCCC/C=C/CC1OC1C/C=C\C/C=C\CCCC(=O)OC(COCCCCCCCCCCCCCCCC)COP(=O)([O-])OCC[N+](C)(C)C. The van der Waals surface area contributed by atoms with E-state index in [4.69, 9.17) is 23.3 Å². The molecule has 0 aromatic carbocycles. The summed E-state index contributed by atoms with van der Waals surface area (Å²) in [5.41, 5.74) is 0. The van der Waals surface area contributed by atoms with Crippen molar-refractivity contribution in [3.8, 4) is 0 Å². The second-order valence-electron chi connectivity index (χ2n) is 16.1. The van der Waals surface area contributed by atoms with Gasteiger partial charge in [-0.15, -0.1) is 0 Å². The van der Waals surface area contributed by atoms with Crippen molar-refractivity contribution < 1.29 is 42.0 Å². The maximum atomic E-state index is 12.7. The standard InChI is InChI=1S/C44H82NO8P/c1-6-8-10-12-14-15-16-17-18-19-20-24-28-32-37-49-39-41(40-51-54(47,48)50-38-36-45(3,4)5)52-44(46)35-31-27-23-21-22-26-30-34-43-42(53-43)33-29-25-13-11-9-7-2/h21,23,25-26,29-30,41-43H,6-20,22,24,27-28,31-40H2,1-5H3/b23-21-,29-25+,30-26-. The van der Waals surface area contributed by atoms with E-state index in [1.165, 1.54) is 103 Å². The van der Waals surface area contributed by atoms with Crippen molar-refractivity contribution in [1.29, 1.82) is 0 Å². The molecule has 1 saturated heterocycles. The molecular formula is C44H82NO8P. The Hall–Kier alpha value is -1.32. The van der Waals surface area contributed by atoms with E-state index in [0.29, 0.717) is 36.3 Å². The van der Waals surface area contributed by atoms with Crippen molar-refractivity contribution in [3.05, 3.63) is 36.5 Å². The predicted molar refractivity (Wildman–Crippen MR) is 221 cm³/mol. The van der Waals surface area contributed by atoms with Crippen LogP contribution >= 0.6 is 7.82 Å². The molecule has 316 valence electrons. The molecule has 54 heavy (non-hydrogen) atoms. The van der Waals surface area contributed by atoms with Crippen molar-refractivity contribution in [3.63, 3.8) is 0 Å². The second-order valence-corrected chi connectivity index (χ2v) is 17.5. The minimum absolute atomic E-state index is 0.0141. The van der Waals surface area contributed by atoms with Gasteiger partial charge in [-0.1, -0.05) is 147 Å². The normalized spacial score (nSPS) is 17.9. The number of hydrogen-bond donors (Lipinski definition) is 0. The number of epoxide rings is 1. The van der Waals surface area contributed by atoms with Gasteiger partial charge in [-0.3, -0.25) is 9.36 Å². The molecule has 4 atom stereocenters. The van der Waals surface area contributed by atoms with Gasteiger partial charge in [-0.25, -0.2) is 0 Å². The Morgan fingerprint density at radius 3 is 1.80 bits per heavy atom. The largest absolute Gasteiger partial charge is 0.756 e. The van der Waals surface area contributed by atoms with Crippen LogP contribution in [0.3, 0.4) is 0 Å². The number of nitrogens with zero attached hydrogens (tertiary/aromatic N) is 1. The van der Waals surface area contributed by atoms with E-state index in [-0.39, 0.29) is 26.2 Å². The van der Waals surface area contributed by atoms with E-state index < -0.39 is 19.9 Å². The molecule has 0 aromatic heterocycles. The number of carbonyl (C=O) groups is 1. The van der Waals surface area contributed by atoms with Gasteiger partial charge in [0.25, 0.3) is 7.82 Å². The van der Waals surface area contributed by atoms with Gasteiger partial charge < -0.3 is 32.6 Å². The van der Waals surface area contributed by atoms with Crippen molar-refractivity contribution in [2.24, 2.45) is 0 Å². The lowest BCUT2D eigenvalue weighted by Gasteiger charge is -2.28. The van der Waals surface area contributed by atoms with Crippen LogP contribution in [0.4, 0.5) is 0 Å². The highest BCUT2D eigenvalue weighted by Gasteiger charge is 2.36. The van der Waals surface area contributed by atoms with Crippen LogP contribution in [-0.2, 0) is 32.6 Å². The number of rotatable bonds is 39. The number of hydrogen-bond acceptors (Lipinski definition) is 8. The molecule has 0 aliphatic carbocycles. The molecule has 0 aromatic rings. The maximum Gasteiger partial charge on any atom is 0.306 e. The molecule has 1 rings (SSSR count). The van der Waals surface area contributed by atoms with Crippen molar-refractivity contribution >= 4 is 13.8 Å². The summed E-state index contributed by atoms with van der Waals surface area (Å²) in [4.78, 5) is 25.0. The minimum Gasteiger partial charge on any atom is -0.756 e. The summed E-state index contributed by atoms with van der Waals surface area (Å²) in [5, 5.41) is 0. The molecule has 0 N–H and O–H groups in total. The van der Waals surface area contributed by atoms with Crippen molar-refractivity contribution in [1.82, 2.24) is 0 Å². The Morgan fingerprint density at radius 2 is 1.19 bits per heavy atom. The maximum absolute atomic E-state index is 12.7. The highest BCUT2D eigenvalue weighted by atomic mass is 31.2. The summed E-state index contributed by atoms with van der Waals surface area (Å²) < 4.78 is 40.3. The van der Waals surface area contributed by atoms with Gasteiger partial charge in [-0.2, -0.15) is 0 Å². The monoisotopic (exact) mass is 784 g/mol. The minimum atomic E-state index is -4.54. The van der Waals surface area contributed by atoms with Crippen LogP contribution in [0, 0.1) is 0 Å². The lowest BCUT2D eigenvalue weighted by atomic mass is 10.0. The predicted octanol–water partition coefficient (Wildman–Crippen LogP) is 11.0. The fraction of sp³-hybridized carbons (Fsp3) is 0.841. The van der Waals surface area contributed by atoms with Gasteiger partial charge in [0, 0.05) is 13.0 Å². The molecule has 0 bridgehead atoms. The molecule has 9 nitrogen and oxygen atoms in total. The Bertz CT molecular complexity index is 1030. The van der Waals surface area contributed by atoms with Gasteiger partial charge in [0.2, 0.25) is 0 Å². The molecule has 1 aliphatic rings. The Morgan fingerprint density at radius 1 is 0.667 bits per heavy atom. The lowest BCUT2D eigenvalue weighted by Crippen LogP contribution is -2.37. The van der Waals surface area contributed by atoms with E-state index in [9.17, 15) is 14.3 Å². The first kappa shape index (κ1) is 50.7. The number of quaternary nitrogens is 1. The van der Waals surface area contributed by atoms with Crippen LogP contribution < -0.4 is 4.89 Å². The molecular weight excluding hydrogens is 701 g/mol. The summed E-state index contributed by atoms with van der Waals surface area (Å²) in [7, 11) is 1.32. The van der Waals surface area contributed by atoms with E-state index in [2.05, 4.69) is 50.3 Å². The lowest BCUT2D eigenvalue weighted by molar-refractivity contribution is -0.870. The zero-order valence-corrected chi connectivity index (χ0v) is 36.3. The van der Waals surface area contributed by atoms with Crippen LogP contribution in [0.2, 0.25) is 0 Å². The zero-order chi connectivity index (χ0) is 39.6. The van der Waals surface area contributed by atoms with E-state index in [1.807, 2.05) is 21.1 Å². The molecule has 1 heterocycles. The van der Waals surface area contributed by atoms with Gasteiger partial charge in [0.05, 0.1) is 46.6 Å². The smallest absolute Gasteiger partial charge is 0.306 e. The van der Waals surface area contributed by atoms with Crippen LogP contribution in [0.15, 0.2) is 36.5 Å². The van der Waals surface area contributed by atoms with Gasteiger partial charge >= 0.3 is 5.97 Å².